The van der Waals surface area contributed by atoms with E-state index in [1.807, 2.05) is 87.4 Å². The van der Waals surface area contributed by atoms with Crippen molar-refractivity contribution in [3.8, 4) is 0 Å². The molecule has 0 atom stereocenters. The molecule has 148 valence electrons. The van der Waals surface area contributed by atoms with Crippen molar-refractivity contribution in [1.82, 2.24) is 0 Å². The normalized spacial score (nSPS) is 12.3. The zero-order chi connectivity index (χ0) is 20.4. The molecule has 0 heterocycles. The molecule has 0 aromatic heterocycles. The van der Waals surface area contributed by atoms with Gasteiger partial charge in [0.25, 0.3) is 10.1 Å². The van der Waals surface area contributed by atoms with Crippen LogP contribution in [-0.2, 0) is 20.7 Å². The predicted molar refractivity (Wildman–Crippen MR) is 115 cm³/mol. The SMILES string of the molecule is CN(C)c1cccc2c(S(=O)(=O)OCC(C)(C)Cc3ccccc3)cccc12. The topological polar surface area (TPSA) is 46.6 Å². The lowest BCUT2D eigenvalue weighted by molar-refractivity contribution is 0.185. The van der Waals surface area contributed by atoms with Crippen LogP contribution in [0.3, 0.4) is 0 Å². The van der Waals surface area contributed by atoms with Crippen LogP contribution >= 0.6 is 0 Å². The number of rotatable bonds is 7. The van der Waals surface area contributed by atoms with Gasteiger partial charge >= 0.3 is 0 Å². The Labute approximate surface area is 167 Å². The Morgan fingerprint density at radius 1 is 0.857 bits per heavy atom. The first kappa shape index (κ1) is 20.4. The summed E-state index contributed by atoms with van der Waals surface area (Å²) < 4.78 is 31.5. The molecule has 5 heteroatoms. The highest BCUT2D eigenvalue weighted by Gasteiger charge is 2.25. The smallest absolute Gasteiger partial charge is 0.297 e. The molecule has 0 unspecified atom stereocenters. The molecule has 3 aromatic rings. The summed E-state index contributed by atoms with van der Waals surface area (Å²) in [5.41, 5.74) is 1.82. The number of anilines is 1. The van der Waals surface area contributed by atoms with E-state index in [1.165, 1.54) is 0 Å². The quantitative estimate of drug-likeness (QED) is 0.533. The van der Waals surface area contributed by atoms with Gasteiger partial charge in [-0.25, -0.2) is 0 Å². The minimum atomic E-state index is -3.87. The van der Waals surface area contributed by atoms with E-state index >= 15 is 0 Å². The molecule has 0 spiro atoms. The maximum atomic E-state index is 13.0. The lowest BCUT2D eigenvalue weighted by Gasteiger charge is -2.24. The third-order valence-electron chi connectivity index (χ3n) is 4.74. The van der Waals surface area contributed by atoms with Crippen molar-refractivity contribution in [1.29, 1.82) is 0 Å². The van der Waals surface area contributed by atoms with Gasteiger partial charge in [0, 0.05) is 30.6 Å². The Hall–Kier alpha value is -2.37. The fourth-order valence-electron chi connectivity index (χ4n) is 3.37. The fourth-order valence-corrected chi connectivity index (χ4v) is 4.67. The number of fused-ring (bicyclic) bond motifs is 1. The van der Waals surface area contributed by atoms with Crippen LogP contribution in [0.5, 0.6) is 0 Å². The largest absolute Gasteiger partial charge is 0.377 e. The summed E-state index contributed by atoms with van der Waals surface area (Å²) in [4.78, 5) is 2.19. The number of benzene rings is 3. The van der Waals surface area contributed by atoms with Gasteiger partial charge < -0.3 is 4.90 Å². The molecule has 28 heavy (non-hydrogen) atoms. The molecule has 0 aliphatic rings. The summed E-state index contributed by atoms with van der Waals surface area (Å²) in [5, 5.41) is 1.57. The highest BCUT2D eigenvalue weighted by molar-refractivity contribution is 7.87. The van der Waals surface area contributed by atoms with Gasteiger partial charge in [0.2, 0.25) is 0 Å². The molecule has 0 saturated carbocycles. The monoisotopic (exact) mass is 397 g/mol. The molecule has 0 fully saturated rings. The third kappa shape index (κ3) is 4.54. The van der Waals surface area contributed by atoms with E-state index in [-0.39, 0.29) is 16.9 Å². The molecule has 3 aromatic carbocycles. The zero-order valence-corrected chi connectivity index (χ0v) is 17.7. The molecular weight excluding hydrogens is 370 g/mol. The highest BCUT2D eigenvalue weighted by atomic mass is 32.2. The molecule has 0 aliphatic heterocycles. The van der Waals surface area contributed by atoms with Gasteiger partial charge in [-0.1, -0.05) is 68.4 Å². The van der Waals surface area contributed by atoms with Gasteiger partial charge in [-0.15, -0.1) is 0 Å². The lowest BCUT2D eigenvalue weighted by Crippen LogP contribution is -2.24. The van der Waals surface area contributed by atoms with E-state index in [9.17, 15) is 8.42 Å². The van der Waals surface area contributed by atoms with Crippen molar-refractivity contribution in [2.24, 2.45) is 5.41 Å². The Morgan fingerprint density at radius 3 is 2.18 bits per heavy atom. The van der Waals surface area contributed by atoms with Gasteiger partial charge in [0.15, 0.2) is 0 Å². The standard InChI is InChI=1S/C23H27NO3S/c1-23(2,16-18-10-6-5-7-11-18)17-27-28(25,26)22-15-9-12-19-20(22)13-8-14-21(19)24(3)4/h5-15H,16-17H2,1-4H3. The van der Waals surface area contributed by atoms with E-state index in [0.717, 1.165) is 23.1 Å². The van der Waals surface area contributed by atoms with Gasteiger partial charge in [0.05, 0.1) is 6.61 Å². The summed E-state index contributed by atoms with van der Waals surface area (Å²) >= 11 is 0. The summed E-state index contributed by atoms with van der Waals surface area (Å²) in [6.07, 6.45) is 0.740. The maximum Gasteiger partial charge on any atom is 0.297 e. The van der Waals surface area contributed by atoms with Gasteiger partial charge in [-0.3, -0.25) is 4.18 Å². The highest BCUT2D eigenvalue weighted by Crippen LogP contribution is 2.32. The Kier molecular flexibility index (Phi) is 5.77. The Bertz CT molecular complexity index is 1060. The van der Waals surface area contributed by atoms with Crippen LogP contribution < -0.4 is 4.90 Å². The van der Waals surface area contributed by atoms with Gasteiger partial charge in [-0.2, -0.15) is 8.42 Å². The summed E-state index contributed by atoms with van der Waals surface area (Å²) in [6.45, 7) is 4.15. The van der Waals surface area contributed by atoms with Crippen LogP contribution in [0.4, 0.5) is 5.69 Å². The Morgan fingerprint density at radius 2 is 1.50 bits per heavy atom. The van der Waals surface area contributed by atoms with E-state index < -0.39 is 10.1 Å². The van der Waals surface area contributed by atoms with Crippen molar-refractivity contribution in [2.45, 2.75) is 25.2 Å². The van der Waals surface area contributed by atoms with Crippen LogP contribution in [0, 0.1) is 5.41 Å². The molecule has 3 rings (SSSR count). The zero-order valence-electron chi connectivity index (χ0n) is 16.8. The average molecular weight is 398 g/mol. The van der Waals surface area contributed by atoms with Crippen LogP contribution in [-0.4, -0.2) is 29.1 Å². The molecular formula is C23H27NO3S. The van der Waals surface area contributed by atoms with Crippen molar-refractivity contribution in [3.63, 3.8) is 0 Å². The van der Waals surface area contributed by atoms with E-state index in [2.05, 4.69) is 0 Å². The third-order valence-corrected chi connectivity index (χ3v) is 6.06. The molecule has 0 bridgehead atoms. The first-order valence-corrected chi connectivity index (χ1v) is 10.7. The minimum Gasteiger partial charge on any atom is -0.377 e. The van der Waals surface area contributed by atoms with Crippen molar-refractivity contribution in [3.05, 3.63) is 72.3 Å². The van der Waals surface area contributed by atoms with Crippen LogP contribution in [0.1, 0.15) is 19.4 Å². The summed E-state index contributed by atoms with van der Waals surface area (Å²) in [7, 11) is 0.0127. The molecule has 0 N–H and O–H groups in total. The van der Waals surface area contributed by atoms with Crippen molar-refractivity contribution >= 4 is 26.6 Å². The number of nitrogens with zero attached hydrogens (tertiary/aromatic N) is 1. The second-order valence-electron chi connectivity index (χ2n) is 8.07. The predicted octanol–water partition coefficient (Wildman–Crippen LogP) is 4.88. The van der Waals surface area contributed by atoms with Gasteiger partial charge in [-0.05, 0) is 29.5 Å². The van der Waals surface area contributed by atoms with Crippen molar-refractivity contribution in [2.75, 3.05) is 25.6 Å². The first-order chi connectivity index (χ1) is 13.2. The molecule has 0 saturated heterocycles. The average Bonchev–Trinajstić information content (AvgIpc) is 2.66. The van der Waals surface area contributed by atoms with Gasteiger partial charge in [0.1, 0.15) is 4.90 Å². The number of hydrogen-bond acceptors (Lipinski definition) is 4. The molecule has 4 nitrogen and oxygen atoms in total. The fraction of sp³-hybridized carbons (Fsp3) is 0.304. The first-order valence-electron chi connectivity index (χ1n) is 9.32. The number of hydrogen-bond donors (Lipinski definition) is 0. The second kappa shape index (κ2) is 7.94. The molecule has 0 radical (unpaired) electrons. The van der Waals surface area contributed by atoms with Crippen LogP contribution in [0.25, 0.3) is 10.8 Å². The summed E-state index contributed by atoms with van der Waals surface area (Å²) in [6, 6.07) is 21.0. The molecule has 0 amide bonds. The van der Waals surface area contributed by atoms with E-state index in [4.69, 9.17) is 4.18 Å². The molecule has 0 aliphatic carbocycles. The maximum absolute atomic E-state index is 13.0. The van der Waals surface area contributed by atoms with E-state index in [1.54, 1.807) is 12.1 Å². The van der Waals surface area contributed by atoms with Crippen molar-refractivity contribution < 1.29 is 12.6 Å². The lowest BCUT2D eigenvalue weighted by atomic mass is 9.87. The Balaban J connectivity index is 1.86. The summed E-state index contributed by atoms with van der Waals surface area (Å²) in [5.74, 6) is 0. The van der Waals surface area contributed by atoms with Crippen LogP contribution in [0.2, 0.25) is 0 Å². The van der Waals surface area contributed by atoms with Crippen LogP contribution in [0.15, 0.2) is 71.6 Å². The van der Waals surface area contributed by atoms with E-state index in [0.29, 0.717) is 5.39 Å². The second-order valence-corrected chi connectivity index (χ2v) is 9.65. The minimum absolute atomic E-state index is 0.119.